The van der Waals surface area contributed by atoms with Gasteiger partial charge in [0.1, 0.15) is 5.01 Å². The Balaban J connectivity index is 2.26. The van der Waals surface area contributed by atoms with Crippen molar-refractivity contribution in [2.24, 2.45) is 5.10 Å². The summed E-state index contributed by atoms with van der Waals surface area (Å²) in [5, 5.41) is 4.88. The maximum Gasteiger partial charge on any atom is 0.427 e. The number of pyridine rings is 1. The van der Waals surface area contributed by atoms with Crippen molar-refractivity contribution in [2.45, 2.75) is 13.8 Å². The number of thiazole rings is 1. The smallest absolute Gasteiger partial charge is 0.427 e. The summed E-state index contributed by atoms with van der Waals surface area (Å²) in [6.07, 6.45) is 2.86. The minimum Gasteiger partial charge on any atom is -0.452 e. The van der Waals surface area contributed by atoms with Crippen LogP contribution in [0.3, 0.4) is 0 Å². The number of hydrogen-bond donors (Lipinski definition) is 1. The highest BCUT2D eigenvalue weighted by molar-refractivity contribution is 7.17. The van der Waals surface area contributed by atoms with Crippen LogP contribution in [0.1, 0.15) is 17.5 Å². The molecular weight excluding hydrogens is 276 g/mol. The van der Waals surface area contributed by atoms with Gasteiger partial charge in [-0.2, -0.15) is 5.10 Å². The van der Waals surface area contributed by atoms with Gasteiger partial charge in [0.15, 0.2) is 0 Å². The van der Waals surface area contributed by atoms with E-state index in [0.717, 1.165) is 21.1 Å². The van der Waals surface area contributed by atoms with Crippen molar-refractivity contribution in [3.05, 3.63) is 35.1 Å². The van der Waals surface area contributed by atoms with Gasteiger partial charge in [0.05, 0.1) is 23.4 Å². The zero-order valence-corrected chi connectivity index (χ0v) is 12.2. The summed E-state index contributed by atoms with van der Waals surface area (Å²) < 4.78 is 4.46. The van der Waals surface area contributed by atoms with Crippen molar-refractivity contribution in [3.63, 3.8) is 0 Å². The van der Waals surface area contributed by atoms with E-state index in [1.807, 2.05) is 26.0 Å². The van der Waals surface area contributed by atoms with Crippen LogP contribution in [0.4, 0.5) is 4.79 Å². The summed E-state index contributed by atoms with van der Waals surface area (Å²) in [5.74, 6) is 0. The molecule has 0 saturated heterocycles. The first kappa shape index (κ1) is 14.1. The lowest BCUT2D eigenvalue weighted by atomic mass is 10.3. The normalized spacial score (nSPS) is 11.2. The lowest BCUT2D eigenvalue weighted by Gasteiger charge is -1.99. The third kappa shape index (κ3) is 3.18. The van der Waals surface area contributed by atoms with Crippen LogP contribution < -0.4 is 5.43 Å². The van der Waals surface area contributed by atoms with Crippen molar-refractivity contribution in [3.8, 4) is 10.6 Å². The SMILES string of the molecule is COC(=O)N/N=C(\C)c1sc(-c2ccncc2)nc1C. The highest BCUT2D eigenvalue weighted by atomic mass is 32.1. The van der Waals surface area contributed by atoms with Crippen LogP contribution >= 0.6 is 11.3 Å². The standard InChI is InChI=1S/C13H14N4O2S/c1-8-11(9(2)16-17-13(18)19-3)20-12(15-8)10-4-6-14-7-5-10/h4-7H,1-3H3,(H,17,18)/b16-9+. The van der Waals surface area contributed by atoms with Gasteiger partial charge >= 0.3 is 6.09 Å². The Kier molecular flexibility index (Phi) is 4.41. The molecule has 2 heterocycles. The molecule has 104 valence electrons. The number of carbonyl (C=O) groups excluding carboxylic acids is 1. The summed E-state index contributed by atoms with van der Waals surface area (Å²) in [6.45, 7) is 3.72. The van der Waals surface area contributed by atoms with Crippen molar-refractivity contribution in [1.82, 2.24) is 15.4 Å². The molecule has 0 radical (unpaired) electrons. The topological polar surface area (TPSA) is 76.5 Å². The van der Waals surface area contributed by atoms with E-state index in [-0.39, 0.29) is 0 Å². The molecule has 0 aromatic carbocycles. The van der Waals surface area contributed by atoms with Crippen molar-refractivity contribution >= 4 is 23.1 Å². The quantitative estimate of drug-likeness (QED) is 0.696. The van der Waals surface area contributed by atoms with Gasteiger partial charge in [0.2, 0.25) is 0 Å². The van der Waals surface area contributed by atoms with Crippen LogP contribution in [0.5, 0.6) is 0 Å². The molecule has 1 N–H and O–H groups in total. The van der Waals surface area contributed by atoms with E-state index >= 15 is 0 Å². The predicted molar refractivity (Wildman–Crippen MR) is 77.8 cm³/mol. The lowest BCUT2D eigenvalue weighted by molar-refractivity contribution is 0.171. The largest absolute Gasteiger partial charge is 0.452 e. The number of hydrogen-bond acceptors (Lipinski definition) is 6. The number of ether oxygens (including phenoxy) is 1. The fraction of sp³-hybridized carbons (Fsp3) is 0.231. The van der Waals surface area contributed by atoms with E-state index in [9.17, 15) is 4.79 Å². The molecule has 0 saturated carbocycles. The van der Waals surface area contributed by atoms with Crippen LogP contribution in [0.2, 0.25) is 0 Å². The number of nitrogens with one attached hydrogen (secondary N) is 1. The molecule has 2 aromatic rings. The fourth-order valence-electron chi connectivity index (χ4n) is 1.58. The minimum atomic E-state index is -0.596. The maximum atomic E-state index is 11.0. The van der Waals surface area contributed by atoms with Crippen molar-refractivity contribution in [2.75, 3.05) is 7.11 Å². The van der Waals surface area contributed by atoms with Gasteiger partial charge in [0.25, 0.3) is 0 Å². The number of carbonyl (C=O) groups is 1. The minimum absolute atomic E-state index is 0.596. The Labute approximate surface area is 120 Å². The Morgan fingerprint density at radius 2 is 2.10 bits per heavy atom. The molecule has 1 amide bonds. The highest BCUT2D eigenvalue weighted by Gasteiger charge is 2.12. The molecular formula is C13H14N4O2S. The Morgan fingerprint density at radius 3 is 2.75 bits per heavy atom. The molecule has 2 aromatic heterocycles. The summed E-state index contributed by atoms with van der Waals surface area (Å²) in [4.78, 5) is 20.4. The second kappa shape index (κ2) is 6.25. The number of aryl methyl sites for hydroxylation is 1. The average Bonchev–Trinajstić information content (AvgIpc) is 2.87. The third-order valence-corrected chi connectivity index (χ3v) is 3.87. The molecule has 2 rings (SSSR count). The zero-order chi connectivity index (χ0) is 14.5. The first-order chi connectivity index (χ1) is 9.61. The second-order valence-corrected chi connectivity index (χ2v) is 4.97. The molecule has 0 aliphatic rings. The Bertz CT molecular complexity index is 637. The van der Waals surface area contributed by atoms with Crippen LogP contribution in [0.25, 0.3) is 10.6 Å². The highest BCUT2D eigenvalue weighted by Crippen LogP contribution is 2.27. The number of rotatable bonds is 3. The summed E-state index contributed by atoms with van der Waals surface area (Å²) in [7, 11) is 1.29. The number of hydrazone groups is 1. The molecule has 0 spiro atoms. The average molecular weight is 290 g/mol. The molecule has 0 fully saturated rings. The number of amides is 1. The number of aromatic nitrogens is 2. The molecule has 7 heteroatoms. The van der Waals surface area contributed by atoms with E-state index in [4.69, 9.17) is 0 Å². The van der Waals surface area contributed by atoms with Gasteiger partial charge < -0.3 is 4.74 Å². The van der Waals surface area contributed by atoms with E-state index in [0.29, 0.717) is 5.71 Å². The van der Waals surface area contributed by atoms with E-state index < -0.39 is 6.09 Å². The maximum absolute atomic E-state index is 11.0. The van der Waals surface area contributed by atoms with Gasteiger partial charge in [-0.1, -0.05) is 0 Å². The predicted octanol–water partition coefficient (Wildman–Crippen LogP) is 2.59. The Hall–Kier alpha value is -2.28. The summed E-state index contributed by atoms with van der Waals surface area (Å²) in [6, 6.07) is 3.81. The zero-order valence-electron chi connectivity index (χ0n) is 11.4. The van der Waals surface area contributed by atoms with Gasteiger partial charge in [-0.05, 0) is 26.0 Å². The molecule has 0 aliphatic heterocycles. The number of methoxy groups -OCH3 is 1. The molecule has 6 nitrogen and oxygen atoms in total. The van der Waals surface area contributed by atoms with Gasteiger partial charge in [-0.25, -0.2) is 15.2 Å². The first-order valence-electron chi connectivity index (χ1n) is 5.88. The molecule has 0 unspecified atom stereocenters. The monoisotopic (exact) mass is 290 g/mol. The van der Waals surface area contributed by atoms with E-state index in [2.05, 4.69) is 25.2 Å². The van der Waals surface area contributed by atoms with Crippen molar-refractivity contribution < 1.29 is 9.53 Å². The first-order valence-corrected chi connectivity index (χ1v) is 6.70. The lowest BCUT2D eigenvalue weighted by Crippen LogP contribution is -2.18. The molecule has 20 heavy (non-hydrogen) atoms. The van der Waals surface area contributed by atoms with Crippen molar-refractivity contribution in [1.29, 1.82) is 0 Å². The van der Waals surface area contributed by atoms with Crippen LogP contribution in [0, 0.1) is 6.92 Å². The Morgan fingerprint density at radius 1 is 1.40 bits per heavy atom. The van der Waals surface area contributed by atoms with Crippen LogP contribution in [-0.2, 0) is 4.74 Å². The van der Waals surface area contributed by atoms with Crippen LogP contribution in [0.15, 0.2) is 29.6 Å². The van der Waals surface area contributed by atoms with Gasteiger partial charge in [0, 0.05) is 18.0 Å². The summed E-state index contributed by atoms with van der Waals surface area (Å²) >= 11 is 1.52. The fourth-order valence-corrected chi connectivity index (χ4v) is 2.59. The number of nitrogens with zero attached hydrogens (tertiary/aromatic N) is 3. The second-order valence-electron chi connectivity index (χ2n) is 3.97. The summed E-state index contributed by atoms with van der Waals surface area (Å²) in [5.41, 5.74) is 4.87. The van der Waals surface area contributed by atoms with Gasteiger partial charge in [-0.3, -0.25) is 4.98 Å². The van der Waals surface area contributed by atoms with E-state index in [1.165, 1.54) is 18.4 Å². The third-order valence-electron chi connectivity index (χ3n) is 2.55. The molecule has 0 atom stereocenters. The molecule has 0 bridgehead atoms. The van der Waals surface area contributed by atoms with E-state index in [1.54, 1.807) is 12.4 Å². The molecule has 0 aliphatic carbocycles. The van der Waals surface area contributed by atoms with Crippen LogP contribution in [-0.4, -0.2) is 28.9 Å². The van der Waals surface area contributed by atoms with Gasteiger partial charge in [-0.15, -0.1) is 11.3 Å².